The summed E-state index contributed by atoms with van der Waals surface area (Å²) in [5.41, 5.74) is 1.76. The van der Waals surface area contributed by atoms with Gasteiger partial charge >= 0.3 is 0 Å². The van der Waals surface area contributed by atoms with E-state index in [0.717, 1.165) is 16.9 Å². The van der Waals surface area contributed by atoms with Gasteiger partial charge in [-0.2, -0.15) is 0 Å². The summed E-state index contributed by atoms with van der Waals surface area (Å²) in [6.07, 6.45) is 3.20. The minimum atomic E-state index is -0.294. The lowest BCUT2D eigenvalue weighted by Gasteiger charge is -2.22. The molecule has 1 heterocycles. The Hall–Kier alpha value is -2.82. The third-order valence-corrected chi connectivity index (χ3v) is 3.96. The molecule has 25 heavy (non-hydrogen) atoms. The molecule has 5 heteroatoms. The van der Waals surface area contributed by atoms with E-state index in [4.69, 9.17) is 9.47 Å². The van der Waals surface area contributed by atoms with Crippen molar-refractivity contribution in [3.8, 4) is 11.5 Å². The first kappa shape index (κ1) is 17.0. The van der Waals surface area contributed by atoms with Gasteiger partial charge in [0.2, 0.25) is 5.91 Å². The zero-order chi connectivity index (χ0) is 17.6. The summed E-state index contributed by atoms with van der Waals surface area (Å²) in [5, 5.41) is 0. The van der Waals surface area contributed by atoms with Crippen molar-refractivity contribution in [3.63, 3.8) is 0 Å². The fraction of sp³-hybridized carbons (Fsp3) is 0.250. The van der Waals surface area contributed by atoms with Crippen LogP contribution in [0.1, 0.15) is 18.1 Å². The van der Waals surface area contributed by atoms with E-state index >= 15 is 0 Å². The predicted octanol–water partition coefficient (Wildman–Crippen LogP) is 3.66. The number of rotatable bonds is 5. The second kappa shape index (κ2) is 7.83. The molecule has 3 rings (SSSR count). The number of fused-ring (bicyclic) bond motifs is 1. The molecule has 0 aliphatic carbocycles. The molecule has 0 N–H and O–H groups in total. The first-order chi connectivity index (χ1) is 12.2. The highest BCUT2D eigenvalue weighted by Gasteiger charge is 2.14. The number of hydrogen-bond acceptors (Lipinski definition) is 3. The van der Waals surface area contributed by atoms with E-state index in [2.05, 4.69) is 0 Å². The quantitative estimate of drug-likeness (QED) is 0.779. The molecule has 0 radical (unpaired) electrons. The molecule has 1 aliphatic rings. The lowest BCUT2D eigenvalue weighted by atomic mass is 10.1. The number of halogens is 1. The number of carbonyl (C=O) groups is 1. The highest BCUT2D eigenvalue weighted by molar-refractivity contribution is 5.91. The Morgan fingerprint density at radius 3 is 2.56 bits per heavy atom. The Morgan fingerprint density at radius 1 is 1.12 bits per heavy atom. The van der Waals surface area contributed by atoms with Gasteiger partial charge in [0.05, 0.1) is 0 Å². The van der Waals surface area contributed by atoms with Crippen LogP contribution in [0.25, 0.3) is 6.08 Å². The molecule has 0 saturated heterocycles. The van der Waals surface area contributed by atoms with Crippen molar-refractivity contribution in [2.45, 2.75) is 13.5 Å². The first-order valence-electron chi connectivity index (χ1n) is 8.27. The molecule has 4 nitrogen and oxygen atoms in total. The second-order valence-corrected chi connectivity index (χ2v) is 5.72. The van der Waals surface area contributed by atoms with Crippen LogP contribution >= 0.6 is 0 Å². The van der Waals surface area contributed by atoms with Crippen LogP contribution < -0.4 is 9.47 Å². The molecular weight excluding hydrogens is 321 g/mol. The van der Waals surface area contributed by atoms with Gasteiger partial charge in [0.1, 0.15) is 19.0 Å². The third-order valence-electron chi connectivity index (χ3n) is 3.96. The van der Waals surface area contributed by atoms with Gasteiger partial charge in [-0.3, -0.25) is 4.79 Å². The number of nitrogens with zero attached hydrogens (tertiary/aromatic N) is 1. The molecule has 130 valence electrons. The van der Waals surface area contributed by atoms with E-state index in [-0.39, 0.29) is 11.7 Å². The minimum Gasteiger partial charge on any atom is -0.486 e. The van der Waals surface area contributed by atoms with Gasteiger partial charge in [0.15, 0.2) is 11.5 Å². The lowest BCUT2D eigenvalue weighted by molar-refractivity contribution is -0.126. The van der Waals surface area contributed by atoms with Crippen LogP contribution in [0, 0.1) is 5.82 Å². The van der Waals surface area contributed by atoms with E-state index < -0.39 is 0 Å². The van der Waals surface area contributed by atoms with E-state index in [1.807, 2.05) is 25.1 Å². The van der Waals surface area contributed by atoms with E-state index in [0.29, 0.717) is 32.1 Å². The first-order valence-corrected chi connectivity index (χ1v) is 8.27. The van der Waals surface area contributed by atoms with Crippen molar-refractivity contribution in [3.05, 3.63) is 65.5 Å². The predicted molar refractivity (Wildman–Crippen MR) is 94.0 cm³/mol. The summed E-state index contributed by atoms with van der Waals surface area (Å²) >= 11 is 0. The van der Waals surface area contributed by atoms with E-state index in [1.54, 1.807) is 23.1 Å². The van der Waals surface area contributed by atoms with Crippen LogP contribution in [-0.2, 0) is 11.3 Å². The summed E-state index contributed by atoms with van der Waals surface area (Å²) in [6, 6.07) is 11.7. The highest BCUT2D eigenvalue weighted by atomic mass is 19.1. The monoisotopic (exact) mass is 341 g/mol. The Bertz CT molecular complexity index is 771. The Morgan fingerprint density at radius 2 is 1.84 bits per heavy atom. The molecule has 0 aromatic heterocycles. The van der Waals surface area contributed by atoms with Gasteiger partial charge in [0.25, 0.3) is 0 Å². The molecular formula is C20H20FNO3. The van der Waals surface area contributed by atoms with E-state index in [1.165, 1.54) is 18.2 Å². The van der Waals surface area contributed by atoms with Crippen molar-refractivity contribution < 1.29 is 18.7 Å². The minimum absolute atomic E-state index is 0.0956. The zero-order valence-electron chi connectivity index (χ0n) is 14.1. The average molecular weight is 341 g/mol. The molecule has 0 unspecified atom stereocenters. The highest BCUT2D eigenvalue weighted by Crippen LogP contribution is 2.31. The largest absolute Gasteiger partial charge is 0.486 e. The van der Waals surface area contributed by atoms with E-state index in [9.17, 15) is 9.18 Å². The van der Waals surface area contributed by atoms with Crippen molar-refractivity contribution in [1.82, 2.24) is 4.90 Å². The second-order valence-electron chi connectivity index (χ2n) is 5.72. The summed E-state index contributed by atoms with van der Waals surface area (Å²) in [6.45, 7) is 4.09. The fourth-order valence-corrected chi connectivity index (χ4v) is 2.60. The lowest BCUT2D eigenvalue weighted by Crippen LogP contribution is -2.28. The summed E-state index contributed by atoms with van der Waals surface area (Å²) in [4.78, 5) is 14.1. The maximum absolute atomic E-state index is 12.9. The maximum Gasteiger partial charge on any atom is 0.246 e. The van der Waals surface area contributed by atoms with Crippen molar-refractivity contribution in [1.29, 1.82) is 0 Å². The van der Waals surface area contributed by atoms with Crippen molar-refractivity contribution in [2.24, 2.45) is 0 Å². The topological polar surface area (TPSA) is 38.8 Å². The Labute approximate surface area is 146 Å². The molecule has 1 aliphatic heterocycles. The van der Waals surface area contributed by atoms with Crippen LogP contribution in [0.3, 0.4) is 0 Å². The molecule has 0 atom stereocenters. The van der Waals surface area contributed by atoms with Gasteiger partial charge in [0, 0.05) is 19.2 Å². The molecule has 0 bridgehead atoms. The van der Waals surface area contributed by atoms with Gasteiger partial charge < -0.3 is 14.4 Å². The number of carbonyl (C=O) groups excluding carboxylic acids is 1. The Kier molecular flexibility index (Phi) is 5.33. The molecule has 2 aromatic rings. The standard InChI is InChI=1S/C20H20FNO3/c1-2-22(20(23)10-6-15-3-7-17(21)8-4-15)14-16-5-9-18-19(13-16)25-12-11-24-18/h3-10,13H,2,11-12,14H2,1H3/b10-6+. The number of hydrogen-bond donors (Lipinski definition) is 0. The van der Waals surface area contributed by atoms with Crippen LogP contribution in [-0.4, -0.2) is 30.6 Å². The average Bonchev–Trinajstić information content (AvgIpc) is 2.65. The number of benzene rings is 2. The third kappa shape index (κ3) is 4.38. The summed E-state index contributed by atoms with van der Waals surface area (Å²) < 4.78 is 24.0. The molecule has 2 aromatic carbocycles. The van der Waals surface area contributed by atoms with Crippen LogP contribution in [0.15, 0.2) is 48.5 Å². The molecule has 0 spiro atoms. The zero-order valence-corrected chi connectivity index (χ0v) is 14.1. The smallest absolute Gasteiger partial charge is 0.246 e. The molecule has 0 saturated carbocycles. The number of amides is 1. The van der Waals surface area contributed by atoms with Crippen LogP contribution in [0.4, 0.5) is 4.39 Å². The maximum atomic E-state index is 12.9. The van der Waals surface area contributed by atoms with Gasteiger partial charge in [-0.1, -0.05) is 18.2 Å². The SMILES string of the molecule is CCN(Cc1ccc2c(c1)OCCO2)C(=O)/C=C/c1ccc(F)cc1. The van der Waals surface area contributed by atoms with Crippen molar-refractivity contribution >= 4 is 12.0 Å². The van der Waals surface area contributed by atoms with Crippen LogP contribution in [0.5, 0.6) is 11.5 Å². The number of ether oxygens (including phenoxy) is 2. The molecule has 0 fully saturated rings. The molecule has 1 amide bonds. The number of likely N-dealkylation sites (N-methyl/N-ethyl adjacent to an activating group) is 1. The van der Waals surface area contributed by atoms with Crippen molar-refractivity contribution in [2.75, 3.05) is 19.8 Å². The van der Waals surface area contributed by atoms with Gasteiger partial charge in [-0.05, 0) is 48.4 Å². The Balaban J connectivity index is 1.67. The van der Waals surface area contributed by atoms with Crippen LogP contribution in [0.2, 0.25) is 0 Å². The summed E-state index contributed by atoms with van der Waals surface area (Å²) in [7, 11) is 0. The summed E-state index contributed by atoms with van der Waals surface area (Å²) in [5.74, 6) is 1.06. The normalized spacial score (nSPS) is 13.0. The fourth-order valence-electron chi connectivity index (χ4n) is 2.60. The van der Waals surface area contributed by atoms with Gasteiger partial charge in [-0.25, -0.2) is 4.39 Å². The van der Waals surface area contributed by atoms with Gasteiger partial charge in [-0.15, -0.1) is 0 Å².